The third-order valence-electron chi connectivity index (χ3n) is 2.87. The Labute approximate surface area is 125 Å². The maximum Gasteiger partial charge on any atom is 0.317 e. The SMILES string of the molecule is C#CCN(CC(=O)O)Cc1ccc(Br)c2cccnc12. The molecule has 0 radical (unpaired) electrons. The molecule has 20 heavy (non-hydrogen) atoms. The van der Waals surface area contributed by atoms with Crippen molar-refractivity contribution in [3.8, 4) is 12.3 Å². The van der Waals surface area contributed by atoms with E-state index in [1.54, 1.807) is 11.1 Å². The van der Waals surface area contributed by atoms with E-state index < -0.39 is 5.97 Å². The van der Waals surface area contributed by atoms with E-state index >= 15 is 0 Å². The smallest absolute Gasteiger partial charge is 0.317 e. The number of nitrogens with zero attached hydrogens (tertiary/aromatic N) is 2. The van der Waals surface area contributed by atoms with Crippen LogP contribution in [0.2, 0.25) is 0 Å². The first-order valence-electron chi connectivity index (χ1n) is 6.01. The first-order chi connectivity index (χ1) is 9.61. The van der Waals surface area contributed by atoms with Gasteiger partial charge in [0.2, 0.25) is 0 Å². The summed E-state index contributed by atoms with van der Waals surface area (Å²) in [5.41, 5.74) is 1.81. The Morgan fingerprint density at radius 1 is 1.45 bits per heavy atom. The van der Waals surface area contributed by atoms with Crippen molar-refractivity contribution in [3.63, 3.8) is 0 Å². The van der Waals surface area contributed by atoms with Gasteiger partial charge < -0.3 is 5.11 Å². The number of carbonyl (C=O) groups is 1. The lowest BCUT2D eigenvalue weighted by Crippen LogP contribution is -2.29. The summed E-state index contributed by atoms with van der Waals surface area (Å²) in [6, 6.07) is 7.71. The van der Waals surface area contributed by atoms with Crippen LogP contribution in [0.3, 0.4) is 0 Å². The molecule has 102 valence electrons. The van der Waals surface area contributed by atoms with E-state index in [-0.39, 0.29) is 13.1 Å². The molecule has 1 aromatic carbocycles. The third-order valence-corrected chi connectivity index (χ3v) is 3.56. The predicted octanol–water partition coefficient (Wildman–Crippen LogP) is 2.52. The largest absolute Gasteiger partial charge is 0.480 e. The molecule has 5 heteroatoms. The normalized spacial score (nSPS) is 10.7. The molecule has 0 atom stereocenters. The Bertz CT molecular complexity index is 679. The maximum absolute atomic E-state index is 10.9. The number of aromatic nitrogens is 1. The molecule has 4 nitrogen and oxygen atoms in total. The van der Waals surface area contributed by atoms with Crippen molar-refractivity contribution in [2.24, 2.45) is 0 Å². The molecule has 2 aromatic rings. The highest BCUT2D eigenvalue weighted by Crippen LogP contribution is 2.25. The fraction of sp³-hybridized carbons (Fsp3) is 0.200. The number of aliphatic carboxylic acids is 1. The van der Waals surface area contributed by atoms with Crippen LogP contribution >= 0.6 is 15.9 Å². The van der Waals surface area contributed by atoms with Gasteiger partial charge in [-0.3, -0.25) is 14.7 Å². The summed E-state index contributed by atoms with van der Waals surface area (Å²) in [7, 11) is 0. The number of rotatable bonds is 5. The second kappa shape index (κ2) is 6.51. The lowest BCUT2D eigenvalue weighted by atomic mass is 10.1. The standard InChI is InChI=1S/C15H13BrN2O2/c1-2-8-18(10-14(19)20)9-11-5-6-13(16)12-4-3-7-17-15(11)12/h1,3-7H,8-10H2,(H,19,20). The molecular formula is C15H13BrN2O2. The zero-order chi connectivity index (χ0) is 14.5. The van der Waals surface area contributed by atoms with Gasteiger partial charge in [-0.1, -0.05) is 34.0 Å². The van der Waals surface area contributed by atoms with Gasteiger partial charge in [0.15, 0.2) is 0 Å². The first kappa shape index (κ1) is 14.5. The molecule has 0 saturated carbocycles. The average Bonchev–Trinajstić information content (AvgIpc) is 2.42. The minimum atomic E-state index is -0.894. The van der Waals surface area contributed by atoms with Gasteiger partial charge in [0.1, 0.15) is 0 Å². The summed E-state index contributed by atoms with van der Waals surface area (Å²) in [6.45, 7) is 0.655. The van der Waals surface area contributed by atoms with Gasteiger partial charge >= 0.3 is 5.97 Å². The zero-order valence-corrected chi connectivity index (χ0v) is 12.3. The predicted molar refractivity (Wildman–Crippen MR) is 81.2 cm³/mol. The van der Waals surface area contributed by atoms with Crippen molar-refractivity contribution in [2.75, 3.05) is 13.1 Å². The zero-order valence-electron chi connectivity index (χ0n) is 10.7. The fourth-order valence-corrected chi connectivity index (χ4v) is 2.51. The van der Waals surface area contributed by atoms with Crippen LogP contribution in [0.15, 0.2) is 34.9 Å². The van der Waals surface area contributed by atoms with Gasteiger partial charge in [0, 0.05) is 22.6 Å². The van der Waals surface area contributed by atoms with Gasteiger partial charge in [-0.05, 0) is 17.7 Å². The second-order valence-electron chi connectivity index (χ2n) is 4.35. The lowest BCUT2D eigenvalue weighted by molar-refractivity contribution is -0.138. The fourth-order valence-electron chi connectivity index (χ4n) is 2.05. The molecule has 1 N–H and O–H groups in total. The molecule has 0 aliphatic carbocycles. The summed E-state index contributed by atoms with van der Waals surface area (Å²) < 4.78 is 0.964. The molecular weight excluding hydrogens is 320 g/mol. The number of hydrogen-bond donors (Lipinski definition) is 1. The lowest BCUT2D eigenvalue weighted by Gasteiger charge is -2.18. The van der Waals surface area contributed by atoms with Crippen LogP contribution in [0.25, 0.3) is 10.9 Å². The average molecular weight is 333 g/mol. The van der Waals surface area contributed by atoms with Crippen LogP contribution in [0, 0.1) is 12.3 Å². The Morgan fingerprint density at radius 3 is 2.95 bits per heavy atom. The van der Waals surface area contributed by atoms with Gasteiger partial charge in [0.05, 0.1) is 18.6 Å². The molecule has 0 amide bonds. The number of benzene rings is 1. The summed E-state index contributed by atoms with van der Waals surface area (Å²) in [4.78, 5) is 16.9. The van der Waals surface area contributed by atoms with E-state index in [1.165, 1.54) is 0 Å². The van der Waals surface area contributed by atoms with Crippen LogP contribution in [-0.4, -0.2) is 34.0 Å². The molecule has 0 saturated heterocycles. The van der Waals surface area contributed by atoms with E-state index in [1.807, 2.05) is 24.3 Å². The van der Waals surface area contributed by atoms with Crippen LogP contribution in [0.4, 0.5) is 0 Å². The molecule has 1 heterocycles. The molecule has 2 rings (SSSR count). The molecule has 0 fully saturated rings. The highest BCUT2D eigenvalue weighted by molar-refractivity contribution is 9.10. The Balaban J connectivity index is 2.35. The van der Waals surface area contributed by atoms with Crippen molar-refractivity contribution in [1.82, 2.24) is 9.88 Å². The van der Waals surface area contributed by atoms with E-state index in [4.69, 9.17) is 11.5 Å². The number of fused-ring (bicyclic) bond motifs is 1. The molecule has 1 aromatic heterocycles. The number of hydrogen-bond acceptors (Lipinski definition) is 3. The quantitative estimate of drug-likeness (QED) is 0.855. The number of carboxylic acid groups (broad SMARTS) is 1. The van der Waals surface area contributed by atoms with Crippen LogP contribution < -0.4 is 0 Å². The first-order valence-corrected chi connectivity index (χ1v) is 6.81. The Morgan fingerprint density at radius 2 is 2.25 bits per heavy atom. The van der Waals surface area contributed by atoms with Crippen molar-refractivity contribution < 1.29 is 9.90 Å². The molecule has 0 spiro atoms. The van der Waals surface area contributed by atoms with Gasteiger partial charge in [-0.2, -0.15) is 0 Å². The monoisotopic (exact) mass is 332 g/mol. The minimum absolute atomic E-state index is 0.0887. The molecule has 0 aliphatic rings. The molecule has 0 unspecified atom stereocenters. The third kappa shape index (κ3) is 3.35. The van der Waals surface area contributed by atoms with Crippen LogP contribution in [0.5, 0.6) is 0 Å². The number of terminal acetylenes is 1. The van der Waals surface area contributed by atoms with Crippen molar-refractivity contribution in [1.29, 1.82) is 0 Å². The van der Waals surface area contributed by atoms with Crippen LogP contribution in [-0.2, 0) is 11.3 Å². The van der Waals surface area contributed by atoms with Gasteiger partial charge in [0.25, 0.3) is 0 Å². The van der Waals surface area contributed by atoms with E-state index in [0.717, 1.165) is 20.9 Å². The summed E-state index contributed by atoms with van der Waals surface area (Å²) in [5, 5.41) is 9.91. The minimum Gasteiger partial charge on any atom is -0.480 e. The highest BCUT2D eigenvalue weighted by atomic mass is 79.9. The number of carboxylic acids is 1. The van der Waals surface area contributed by atoms with Gasteiger partial charge in [-0.15, -0.1) is 6.42 Å². The second-order valence-corrected chi connectivity index (χ2v) is 5.20. The van der Waals surface area contributed by atoms with Crippen molar-refractivity contribution >= 4 is 32.8 Å². The van der Waals surface area contributed by atoms with Crippen LogP contribution in [0.1, 0.15) is 5.56 Å². The summed E-state index contributed by atoms with van der Waals surface area (Å²) in [6.07, 6.45) is 7.01. The van der Waals surface area contributed by atoms with E-state index in [9.17, 15) is 4.79 Å². The highest BCUT2D eigenvalue weighted by Gasteiger charge is 2.12. The molecule has 0 bridgehead atoms. The van der Waals surface area contributed by atoms with Crippen molar-refractivity contribution in [3.05, 3.63) is 40.5 Å². The topological polar surface area (TPSA) is 53.4 Å². The summed E-state index contributed by atoms with van der Waals surface area (Å²) in [5.74, 6) is 1.59. The number of halogens is 1. The van der Waals surface area contributed by atoms with E-state index in [0.29, 0.717) is 6.54 Å². The Kier molecular flexibility index (Phi) is 4.72. The molecule has 0 aliphatic heterocycles. The van der Waals surface area contributed by atoms with Crippen molar-refractivity contribution in [2.45, 2.75) is 6.54 Å². The van der Waals surface area contributed by atoms with Gasteiger partial charge in [-0.25, -0.2) is 0 Å². The maximum atomic E-state index is 10.9. The Hall–Kier alpha value is -1.90. The summed E-state index contributed by atoms with van der Waals surface area (Å²) >= 11 is 3.49. The van der Waals surface area contributed by atoms with E-state index in [2.05, 4.69) is 26.8 Å². The number of pyridine rings is 1.